The normalized spacial score (nSPS) is 11.9. The quantitative estimate of drug-likeness (QED) is 0.381. The van der Waals surface area contributed by atoms with Crippen LogP contribution in [0.25, 0.3) is 22.5 Å². The number of fused-ring (bicyclic) bond motifs is 3. The monoisotopic (exact) mass is 386 g/mol. The van der Waals surface area contributed by atoms with Gasteiger partial charge in [-0.25, -0.2) is 0 Å². The number of aromatic hydroxyl groups is 1. The summed E-state index contributed by atoms with van der Waals surface area (Å²) in [5.41, 5.74) is 5.01. The summed E-state index contributed by atoms with van der Waals surface area (Å²) in [5.74, 6) is 0.559. The van der Waals surface area contributed by atoms with Crippen LogP contribution in [-0.2, 0) is 6.42 Å². The first-order chi connectivity index (χ1) is 13.6. The number of phenolic OH excluding ortho intramolecular Hbond substituents is 1. The van der Waals surface area contributed by atoms with Crippen molar-refractivity contribution in [3.05, 3.63) is 100 Å². The summed E-state index contributed by atoms with van der Waals surface area (Å²) in [6.45, 7) is 0. The summed E-state index contributed by atoms with van der Waals surface area (Å²) < 4.78 is 6.15. The van der Waals surface area contributed by atoms with Gasteiger partial charge in [-0.1, -0.05) is 60.1 Å². The molecule has 1 aromatic heterocycles. The molecule has 4 aromatic rings. The highest BCUT2D eigenvalue weighted by Gasteiger charge is 2.32. The minimum atomic E-state index is -0.338. The van der Waals surface area contributed by atoms with E-state index in [9.17, 15) is 9.90 Å². The number of hydrogen-bond acceptors (Lipinski definition) is 3. The van der Waals surface area contributed by atoms with Crippen LogP contribution in [0.4, 0.5) is 0 Å². The summed E-state index contributed by atoms with van der Waals surface area (Å²) in [4.78, 5) is 13.3. The first-order valence-electron chi connectivity index (χ1n) is 8.96. The van der Waals surface area contributed by atoms with Gasteiger partial charge in [-0.05, 0) is 35.4 Å². The molecule has 0 spiro atoms. The van der Waals surface area contributed by atoms with Crippen LogP contribution in [-0.4, -0.2) is 10.9 Å². The van der Waals surface area contributed by atoms with E-state index in [1.54, 1.807) is 30.3 Å². The standard InChI is InChI=1S/C24H15ClO3/c25-16-11-9-14(10-12-16)21-19-13-15-5-1-2-6-17(15)23(19)28-24(21)22(27)18-7-3-4-8-20(18)26/h1-12,26H,13H2. The van der Waals surface area contributed by atoms with Crippen LogP contribution >= 0.6 is 11.6 Å². The summed E-state index contributed by atoms with van der Waals surface area (Å²) in [7, 11) is 0. The number of halogens is 1. The van der Waals surface area contributed by atoms with Gasteiger partial charge in [0.25, 0.3) is 0 Å². The first-order valence-corrected chi connectivity index (χ1v) is 9.34. The largest absolute Gasteiger partial charge is 0.507 e. The SMILES string of the molecule is O=C(c1ccccc1O)c1oc2c(c1-c1ccc(Cl)cc1)Cc1ccccc1-2. The van der Waals surface area contributed by atoms with Crippen LogP contribution < -0.4 is 0 Å². The van der Waals surface area contributed by atoms with E-state index in [1.807, 2.05) is 30.3 Å². The lowest BCUT2D eigenvalue weighted by Gasteiger charge is -2.07. The zero-order valence-electron chi connectivity index (χ0n) is 14.8. The molecular formula is C24H15ClO3. The molecule has 3 nitrogen and oxygen atoms in total. The Kier molecular flexibility index (Phi) is 3.85. The zero-order valence-corrected chi connectivity index (χ0v) is 15.5. The van der Waals surface area contributed by atoms with Crippen LogP contribution in [0.2, 0.25) is 5.02 Å². The topological polar surface area (TPSA) is 50.4 Å². The maximum atomic E-state index is 13.3. The molecule has 1 heterocycles. The van der Waals surface area contributed by atoms with Gasteiger partial charge in [0.15, 0.2) is 5.76 Å². The van der Waals surface area contributed by atoms with Crippen molar-refractivity contribution in [2.75, 3.05) is 0 Å². The molecule has 4 heteroatoms. The zero-order chi connectivity index (χ0) is 19.3. The first kappa shape index (κ1) is 16.8. The van der Waals surface area contributed by atoms with Crippen molar-refractivity contribution in [3.63, 3.8) is 0 Å². The minimum Gasteiger partial charge on any atom is -0.507 e. The maximum Gasteiger partial charge on any atom is 0.232 e. The molecule has 0 bridgehead atoms. The molecule has 0 unspecified atom stereocenters. The van der Waals surface area contributed by atoms with Crippen molar-refractivity contribution in [2.24, 2.45) is 0 Å². The number of phenols is 1. The lowest BCUT2D eigenvalue weighted by atomic mass is 9.96. The van der Waals surface area contributed by atoms with Crippen molar-refractivity contribution in [1.29, 1.82) is 0 Å². The van der Waals surface area contributed by atoms with Crippen molar-refractivity contribution in [3.8, 4) is 28.2 Å². The third-order valence-corrected chi connectivity index (χ3v) is 5.38. The van der Waals surface area contributed by atoms with E-state index >= 15 is 0 Å². The molecule has 5 rings (SSSR count). The number of carbonyl (C=O) groups is 1. The molecule has 0 radical (unpaired) electrons. The molecule has 136 valence electrons. The van der Waals surface area contributed by atoms with E-state index < -0.39 is 0 Å². The molecule has 1 aliphatic rings. The molecule has 0 aliphatic heterocycles. The van der Waals surface area contributed by atoms with Gasteiger partial charge < -0.3 is 9.52 Å². The number of hydrogen-bond donors (Lipinski definition) is 1. The molecule has 28 heavy (non-hydrogen) atoms. The summed E-state index contributed by atoms with van der Waals surface area (Å²) in [6, 6.07) is 21.9. The van der Waals surface area contributed by atoms with Gasteiger partial charge in [0.05, 0.1) is 5.56 Å². The Balaban J connectivity index is 1.75. The lowest BCUT2D eigenvalue weighted by molar-refractivity contribution is 0.101. The molecule has 0 atom stereocenters. The Morgan fingerprint density at radius 2 is 1.64 bits per heavy atom. The Morgan fingerprint density at radius 1 is 0.929 bits per heavy atom. The second kappa shape index (κ2) is 6.39. The smallest absolute Gasteiger partial charge is 0.232 e. The van der Waals surface area contributed by atoms with E-state index in [2.05, 4.69) is 6.07 Å². The van der Waals surface area contributed by atoms with Gasteiger partial charge in [-0.15, -0.1) is 0 Å². The van der Waals surface area contributed by atoms with Gasteiger partial charge in [0, 0.05) is 28.1 Å². The van der Waals surface area contributed by atoms with Crippen molar-refractivity contribution >= 4 is 17.4 Å². The Labute approximate surface area is 166 Å². The molecule has 1 N–H and O–H groups in total. The third kappa shape index (κ3) is 2.55. The minimum absolute atomic E-state index is 0.0634. The summed E-state index contributed by atoms with van der Waals surface area (Å²) >= 11 is 6.06. The second-order valence-corrected chi connectivity index (χ2v) is 7.24. The van der Waals surface area contributed by atoms with Crippen LogP contribution in [0.1, 0.15) is 27.2 Å². The molecule has 0 fully saturated rings. The Morgan fingerprint density at radius 3 is 2.43 bits per heavy atom. The fraction of sp³-hybridized carbons (Fsp3) is 0.0417. The average molecular weight is 387 g/mol. The predicted octanol–water partition coefficient (Wildman–Crippen LogP) is 6.11. The molecule has 0 saturated heterocycles. The average Bonchev–Trinajstić information content (AvgIpc) is 3.25. The van der Waals surface area contributed by atoms with E-state index in [-0.39, 0.29) is 22.9 Å². The van der Waals surface area contributed by atoms with Crippen LogP contribution in [0.5, 0.6) is 5.75 Å². The Hall–Kier alpha value is -3.30. The van der Waals surface area contributed by atoms with Gasteiger partial charge in [-0.3, -0.25) is 4.79 Å². The van der Waals surface area contributed by atoms with Gasteiger partial charge in [-0.2, -0.15) is 0 Å². The van der Waals surface area contributed by atoms with Crippen LogP contribution in [0.15, 0.2) is 77.2 Å². The van der Waals surface area contributed by atoms with Crippen molar-refractivity contribution < 1.29 is 14.3 Å². The Bertz CT molecular complexity index is 1220. The number of rotatable bonds is 3. The van der Waals surface area contributed by atoms with Crippen LogP contribution in [0.3, 0.4) is 0 Å². The highest BCUT2D eigenvalue weighted by Crippen LogP contribution is 2.46. The fourth-order valence-corrected chi connectivity index (χ4v) is 3.93. The third-order valence-electron chi connectivity index (χ3n) is 5.12. The van der Waals surface area contributed by atoms with E-state index in [0.717, 1.165) is 28.0 Å². The van der Waals surface area contributed by atoms with E-state index in [4.69, 9.17) is 16.0 Å². The second-order valence-electron chi connectivity index (χ2n) is 6.80. The lowest BCUT2D eigenvalue weighted by Crippen LogP contribution is -2.03. The van der Waals surface area contributed by atoms with Crippen LogP contribution in [0, 0.1) is 0 Å². The number of furan rings is 1. The van der Waals surface area contributed by atoms with Gasteiger partial charge >= 0.3 is 0 Å². The molecule has 1 aliphatic carbocycles. The predicted molar refractivity (Wildman–Crippen MR) is 109 cm³/mol. The highest BCUT2D eigenvalue weighted by molar-refractivity contribution is 6.30. The maximum absolute atomic E-state index is 13.3. The van der Waals surface area contributed by atoms with Gasteiger partial charge in [0.1, 0.15) is 11.5 Å². The highest BCUT2D eigenvalue weighted by atomic mass is 35.5. The fourth-order valence-electron chi connectivity index (χ4n) is 3.81. The number of benzene rings is 3. The molecule has 0 amide bonds. The molecular weight excluding hydrogens is 372 g/mol. The number of ketones is 1. The van der Waals surface area contributed by atoms with E-state index in [1.165, 1.54) is 11.6 Å². The summed E-state index contributed by atoms with van der Waals surface area (Å²) in [6.07, 6.45) is 0.695. The molecule has 0 saturated carbocycles. The number of carbonyl (C=O) groups excluding carboxylic acids is 1. The van der Waals surface area contributed by atoms with Crippen molar-refractivity contribution in [2.45, 2.75) is 6.42 Å². The van der Waals surface area contributed by atoms with Gasteiger partial charge in [0.2, 0.25) is 5.78 Å². The van der Waals surface area contributed by atoms with E-state index in [0.29, 0.717) is 11.4 Å². The summed E-state index contributed by atoms with van der Waals surface area (Å²) in [5, 5.41) is 10.8. The van der Waals surface area contributed by atoms with Crippen molar-refractivity contribution in [1.82, 2.24) is 0 Å². The molecule has 3 aromatic carbocycles. The number of para-hydroxylation sites is 1.